The first kappa shape index (κ1) is 14.8. The molecule has 0 aliphatic carbocycles. The second kappa shape index (κ2) is 5.58. The number of anilines is 1. The van der Waals surface area contributed by atoms with Gasteiger partial charge in [0.25, 0.3) is 10.0 Å². The van der Waals surface area contributed by atoms with Crippen LogP contribution in [0.3, 0.4) is 0 Å². The van der Waals surface area contributed by atoms with Crippen LogP contribution in [0, 0.1) is 13.8 Å². The molecule has 7 heteroatoms. The molecule has 0 fully saturated rings. The monoisotopic (exact) mass is 334 g/mol. The third-order valence-corrected chi connectivity index (χ3v) is 5.95. The van der Waals surface area contributed by atoms with Crippen LogP contribution in [0.1, 0.15) is 11.5 Å². The van der Waals surface area contributed by atoms with Crippen molar-refractivity contribution in [3.8, 4) is 10.6 Å². The molecular weight excluding hydrogens is 320 g/mol. The van der Waals surface area contributed by atoms with Gasteiger partial charge >= 0.3 is 0 Å². The second-order valence-electron chi connectivity index (χ2n) is 4.84. The van der Waals surface area contributed by atoms with Gasteiger partial charge in [0.15, 0.2) is 11.7 Å². The molecule has 1 N–H and O–H groups in total. The van der Waals surface area contributed by atoms with Crippen LogP contribution in [0.2, 0.25) is 0 Å². The third-order valence-electron chi connectivity index (χ3n) is 2.98. The van der Waals surface area contributed by atoms with Gasteiger partial charge in [0, 0.05) is 12.6 Å². The van der Waals surface area contributed by atoms with Gasteiger partial charge in [-0.1, -0.05) is 12.1 Å². The smallest absolute Gasteiger partial charge is 0.271 e. The largest absolute Gasteiger partial charge is 0.440 e. The molecule has 0 saturated heterocycles. The van der Waals surface area contributed by atoms with Crippen molar-refractivity contribution in [2.24, 2.45) is 0 Å². The highest BCUT2D eigenvalue weighted by Crippen LogP contribution is 2.32. The second-order valence-corrected chi connectivity index (χ2v) is 7.83. The fourth-order valence-electron chi connectivity index (χ4n) is 1.99. The van der Waals surface area contributed by atoms with Gasteiger partial charge in [0.2, 0.25) is 0 Å². The minimum absolute atomic E-state index is 0.234. The molecule has 0 aliphatic heterocycles. The minimum atomic E-state index is -3.60. The van der Waals surface area contributed by atoms with Gasteiger partial charge in [0.1, 0.15) is 4.21 Å². The molecule has 22 heavy (non-hydrogen) atoms. The maximum Gasteiger partial charge on any atom is 0.271 e. The van der Waals surface area contributed by atoms with Gasteiger partial charge in [-0.2, -0.15) is 0 Å². The van der Waals surface area contributed by atoms with E-state index in [4.69, 9.17) is 4.42 Å². The quantitative estimate of drug-likeness (QED) is 0.787. The fraction of sp³-hybridized carbons (Fsp3) is 0.133. The lowest BCUT2D eigenvalue weighted by Crippen LogP contribution is -2.11. The summed E-state index contributed by atoms with van der Waals surface area (Å²) in [6, 6.07) is 10.5. The average molecular weight is 334 g/mol. The van der Waals surface area contributed by atoms with E-state index in [1.54, 1.807) is 37.4 Å². The maximum absolute atomic E-state index is 12.4. The van der Waals surface area contributed by atoms with E-state index in [9.17, 15) is 8.42 Å². The Morgan fingerprint density at radius 2 is 2.00 bits per heavy atom. The number of nitrogens with zero attached hydrogens (tertiary/aromatic N) is 1. The summed E-state index contributed by atoms with van der Waals surface area (Å²) in [5.41, 5.74) is 1.54. The molecule has 3 aromatic rings. The van der Waals surface area contributed by atoms with Crippen LogP contribution in [-0.4, -0.2) is 13.4 Å². The molecule has 0 atom stereocenters. The molecule has 0 unspecified atom stereocenters. The molecule has 0 amide bonds. The Morgan fingerprint density at radius 3 is 2.68 bits per heavy atom. The van der Waals surface area contributed by atoms with E-state index in [1.807, 2.05) is 19.1 Å². The summed E-state index contributed by atoms with van der Waals surface area (Å²) in [6.07, 6.45) is 1.59. The molecule has 114 valence electrons. The number of benzene rings is 1. The molecule has 0 bridgehead atoms. The average Bonchev–Trinajstić information content (AvgIpc) is 3.06. The Kier molecular flexibility index (Phi) is 3.76. The first-order valence-electron chi connectivity index (χ1n) is 6.56. The normalized spacial score (nSPS) is 11.5. The summed E-state index contributed by atoms with van der Waals surface area (Å²) in [7, 11) is -3.60. The number of thiophene rings is 1. The van der Waals surface area contributed by atoms with Crippen LogP contribution in [0.4, 0.5) is 5.69 Å². The van der Waals surface area contributed by atoms with Crippen molar-refractivity contribution in [1.82, 2.24) is 4.98 Å². The number of hydrogen-bond donors (Lipinski definition) is 1. The van der Waals surface area contributed by atoms with Crippen molar-refractivity contribution in [2.45, 2.75) is 18.1 Å². The van der Waals surface area contributed by atoms with E-state index in [-0.39, 0.29) is 4.21 Å². The van der Waals surface area contributed by atoms with Crippen molar-refractivity contribution in [3.63, 3.8) is 0 Å². The SMILES string of the molecule is Cc1cccc(NS(=O)(=O)c2ccc(-c3cnc(C)o3)s2)c1. The van der Waals surface area contributed by atoms with E-state index in [0.29, 0.717) is 17.3 Å². The number of oxazole rings is 1. The molecule has 2 heterocycles. The van der Waals surface area contributed by atoms with Gasteiger partial charge in [-0.15, -0.1) is 11.3 Å². The summed E-state index contributed by atoms with van der Waals surface area (Å²) in [4.78, 5) is 4.74. The molecule has 0 saturated carbocycles. The molecule has 0 spiro atoms. The van der Waals surface area contributed by atoms with E-state index >= 15 is 0 Å². The summed E-state index contributed by atoms with van der Waals surface area (Å²) >= 11 is 1.15. The number of aromatic nitrogens is 1. The van der Waals surface area contributed by atoms with E-state index in [2.05, 4.69) is 9.71 Å². The molecule has 2 aromatic heterocycles. The van der Waals surface area contributed by atoms with Crippen molar-refractivity contribution in [3.05, 3.63) is 54.0 Å². The van der Waals surface area contributed by atoms with Gasteiger partial charge < -0.3 is 4.42 Å². The Balaban J connectivity index is 1.88. The summed E-state index contributed by atoms with van der Waals surface area (Å²) in [5.74, 6) is 1.12. The van der Waals surface area contributed by atoms with E-state index in [1.165, 1.54) is 0 Å². The van der Waals surface area contributed by atoms with Crippen LogP contribution in [-0.2, 0) is 10.0 Å². The molecule has 0 radical (unpaired) electrons. The fourth-order valence-corrected chi connectivity index (χ4v) is 4.29. The van der Waals surface area contributed by atoms with E-state index in [0.717, 1.165) is 21.8 Å². The Hall–Kier alpha value is -2.12. The topological polar surface area (TPSA) is 72.2 Å². The van der Waals surface area contributed by atoms with Gasteiger partial charge in [0.05, 0.1) is 11.1 Å². The molecule has 3 rings (SSSR count). The van der Waals surface area contributed by atoms with E-state index < -0.39 is 10.0 Å². The van der Waals surface area contributed by atoms with Gasteiger partial charge in [-0.25, -0.2) is 13.4 Å². The highest BCUT2D eigenvalue weighted by molar-refractivity contribution is 7.94. The lowest BCUT2D eigenvalue weighted by Gasteiger charge is -2.06. The zero-order valence-electron chi connectivity index (χ0n) is 12.0. The predicted octanol–water partition coefficient (Wildman–Crippen LogP) is 3.82. The van der Waals surface area contributed by atoms with Crippen molar-refractivity contribution >= 4 is 27.0 Å². The van der Waals surface area contributed by atoms with Crippen molar-refractivity contribution < 1.29 is 12.8 Å². The number of hydrogen-bond acceptors (Lipinski definition) is 5. The Bertz CT molecular complexity index is 910. The van der Waals surface area contributed by atoms with Crippen LogP contribution >= 0.6 is 11.3 Å². The van der Waals surface area contributed by atoms with Crippen LogP contribution in [0.5, 0.6) is 0 Å². The molecular formula is C15H14N2O3S2. The Morgan fingerprint density at radius 1 is 1.18 bits per heavy atom. The number of rotatable bonds is 4. The van der Waals surface area contributed by atoms with Gasteiger partial charge in [-0.3, -0.25) is 4.72 Å². The highest BCUT2D eigenvalue weighted by Gasteiger charge is 2.18. The molecule has 0 aliphatic rings. The van der Waals surface area contributed by atoms with Crippen molar-refractivity contribution in [1.29, 1.82) is 0 Å². The number of nitrogens with one attached hydrogen (secondary N) is 1. The lowest BCUT2D eigenvalue weighted by molar-refractivity contribution is 0.535. The highest BCUT2D eigenvalue weighted by atomic mass is 32.2. The first-order valence-corrected chi connectivity index (χ1v) is 8.86. The summed E-state index contributed by atoms with van der Waals surface area (Å²) in [5, 5.41) is 0. The maximum atomic E-state index is 12.4. The molecule has 1 aromatic carbocycles. The summed E-state index contributed by atoms with van der Waals surface area (Å²) in [6.45, 7) is 3.65. The molecule has 5 nitrogen and oxygen atoms in total. The Labute approximate surface area is 132 Å². The van der Waals surface area contributed by atoms with Crippen molar-refractivity contribution in [2.75, 3.05) is 4.72 Å². The zero-order chi connectivity index (χ0) is 15.7. The zero-order valence-corrected chi connectivity index (χ0v) is 13.7. The standard InChI is InChI=1S/C15H14N2O3S2/c1-10-4-3-5-12(8-10)17-22(18,19)15-7-6-14(21-15)13-9-16-11(2)20-13/h3-9,17H,1-2H3. The minimum Gasteiger partial charge on any atom is -0.440 e. The first-order chi connectivity index (χ1) is 10.4. The van der Waals surface area contributed by atoms with Crippen LogP contribution in [0.15, 0.2) is 51.2 Å². The number of sulfonamides is 1. The number of aryl methyl sites for hydroxylation is 2. The predicted molar refractivity (Wildman–Crippen MR) is 86.5 cm³/mol. The lowest BCUT2D eigenvalue weighted by atomic mass is 10.2. The van der Waals surface area contributed by atoms with Gasteiger partial charge in [-0.05, 0) is 36.8 Å². The summed E-state index contributed by atoms with van der Waals surface area (Å²) < 4.78 is 33.1. The van der Waals surface area contributed by atoms with Crippen LogP contribution in [0.25, 0.3) is 10.6 Å². The van der Waals surface area contributed by atoms with Crippen LogP contribution < -0.4 is 4.72 Å². The third kappa shape index (κ3) is 3.05.